The number of aromatic amines is 1. The summed E-state index contributed by atoms with van der Waals surface area (Å²) in [6.45, 7) is 0. The van der Waals surface area contributed by atoms with E-state index < -0.39 is 0 Å². The number of ether oxygens (including phenoxy) is 1. The summed E-state index contributed by atoms with van der Waals surface area (Å²) >= 11 is 6.39. The van der Waals surface area contributed by atoms with Crippen LogP contribution in [-0.2, 0) is 6.42 Å². The van der Waals surface area contributed by atoms with Crippen molar-refractivity contribution in [1.82, 2.24) is 10.2 Å². The highest BCUT2D eigenvalue weighted by Crippen LogP contribution is 2.45. The largest absolute Gasteiger partial charge is 0.420 e. The second-order valence-corrected chi connectivity index (χ2v) is 6.77. The van der Waals surface area contributed by atoms with Gasteiger partial charge in [-0.2, -0.15) is 5.26 Å². The zero-order chi connectivity index (χ0) is 18.8. The molecule has 1 aliphatic heterocycles. The second-order valence-electron chi connectivity index (χ2n) is 6.37. The Balaban J connectivity index is 1.77. The van der Waals surface area contributed by atoms with Gasteiger partial charge in [-0.05, 0) is 24.5 Å². The minimum Gasteiger partial charge on any atom is -0.420 e. The summed E-state index contributed by atoms with van der Waals surface area (Å²) in [6, 6.07) is 19.9. The summed E-state index contributed by atoms with van der Waals surface area (Å²) in [7, 11) is 0. The van der Waals surface area contributed by atoms with Gasteiger partial charge >= 0.3 is 0 Å². The molecule has 3 N–H and O–H groups in total. The van der Waals surface area contributed by atoms with Crippen LogP contribution in [-0.4, -0.2) is 10.2 Å². The van der Waals surface area contributed by atoms with Crippen molar-refractivity contribution >= 4 is 11.6 Å². The lowest BCUT2D eigenvalue weighted by molar-refractivity contribution is 0.371. The highest BCUT2D eigenvalue weighted by atomic mass is 35.5. The molecular weight excluding hydrogens is 360 g/mol. The van der Waals surface area contributed by atoms with Crippen molar-refractivity contribution in [3.8, 4) is 23.2 Å². The smallest absolute Gasteiger partial charge is 0.244 e. The summed E-state index contributed by atoms with van der Waals surface area (Å²) in [6.07, 6.45) is 1.51. The highest BCUT2D eigenvalue weighted by molar-refractivity contribution is 6.33. The summed E-state index contributed by atoms with van der Waals surface area (Å²) < 4.78 is 5.61. The van der Waals surface area contributed by atoms with E-state index in [-0.39, 0.29) is 11.8 Å². The number of aromatic nitrogens is 2. The van der Waals surface area contributed by atoms with E-state index in [4.69, 9.17) is 22.1 Å². The molecular formula is C21H17ClN4O. The van der Waals surface area contributed by atoms with E-state index in [1.807, 2.05) is 42.5 Å². The summed E-state index contributed by atoms with van der Waals surface area (Å²) in [5.74, 6) is 0.295. The third-order valence-electron chi connectivity index (χ3n) is 4.77. The number of fused-ring (bicyclic) bond motifs is 1. The Hall–Kier alpha value is -3.23. The molecule has 0 fully saturated rings. The van der Waals surface area contributed by atoms with E-state index in [0.29, 0.717) is 22.9 Å². The van der Waals surface area contributed by atoms with E-state index in [1.165, 1.54) is 5.56 Å². The van der Waals surface area contributed by atoms with Gasteiger partial charge < -0.3 is 10.5 Å². The van der Waals surface area contributed by atoms with E-state index >= 15 is 0 Å². The summed E-state index contributed by atoms with van der Waals surface area (Å²) in [4.78, 5) is 0. The first-order valence-electron chi connectivity index (χ1n) is 8.63. The van der Waals surface area contributed by atoms with Crippen LogP contribution in [0.25, 0.3) is 11.3 Å². The molecule has 0 spiro atoms. The average molecular weight is 377 g/mol. The third-order valence-corrected chi connectivity index (χ3v) is 5.10. The molecule has 1 aliphatic rings. The number of nitriles is 1. The molecule has 0 amide bonds. The maximum atomic E-state index is 9.68. The molecule has 0 unspecified atom stereocenters. The molecule has 0 radical (unpaired) electrons. The Morgan fingerprint density at radius 1 is 1.15 bits per heavy atom. The van der Waals surface area contributed by atoms with Gasteiger partial charge in [0.2, 0.25) is 11.8 Å². The number of allylic oxidation sites excluding steroid dienone is 1. The van der Waals surface area contributed by atoms with Crippen molar-refractivity contribution < 1.29 is 4.74 Å². The molecule has 5 nitrogen and oxygen atoms in total. The number of halogens is 1. The molecule has 3 aromatic rings. The minimum absolute atomic E-state index is 0.111. The molecule has 0 saturated carbocycles. The maximum absolute atomic E-state index is 9.68. The highest BCUT2D eigenvalue weighted by Gasteiger charge is 2.34. The van der Waals surface area contributed by atoms with Gasteiger partial charge in [0, 0.05) is 16.5 Å². The van der Waals surface area contributed by atoms with Crippen LogP contribution in [0.3, 0.4) is 0 Å². The fourth-order valence-corrected chi connectivity index (χ4v) is 3.69. The van der Waals surface area contributed by atoms with Crippen molar-refractivity contribution in [2.24, 2.45) is 5.73 Å². The molecule has 27 heavy (non-hydrogen) atoms. The Bertz CT molecular complexity index is 1050. The van der Waals surface area contributed by atoms with Gasteiger partial charge in [0.25, 0.3) is 0 Å². The molecule has 1 atom stereocenters. The minimum atomic E-state index is -0.219. The fraction of sp³-hybridized carbons (Fsp3) is 0.143. The molecule has 6 heteroatoms. The van der Waals surface area contributed by atoms with E-state index in [0.717, 1.165) is 23.2 Å². The van der Waals surface area contributed by atoms with Crippen molar-refractivity contribution in [1.29, 1.82) is 5.26 Å². The molecule has 0 bridgehead atoms. The molecule has 4 rings (SSSR count). The van der Waals surface area contributed by atoms with Crippen LogP contribution >= 0.6 is 11.6 Å². The van der Waals surface area contributed by atoms with Gasteiger partial charge in [-0.25, -0.2) is 0 Å². The van der Waals surface area contributed by atoms with Crippen molar-refractivity contribution in [3.05, 3.63) is 82.2 Å². The fourth-order valence-electron chi connectivity index (χ4n) is 3.46. The molecule has 0 aliphatic carbocycles. The van der Waals surface area contributed by atoms with Crippen LogP contribution < -0.4 is 10.5 Å². The Labute approximate surface area is 162 Å². The van der Waals surface area contributed by atoms with Crippen LogP contribution in [0.1, 0.15) is 23.5 Å². The van der Waals surface area contributed by atoms with Crippen LogP contribution in [0.4, 0.5) is 0 Å². The van der Waals surface area contributed by atoms with Gasteiger partial charge in [0.05, 0.1) is 16.8 Å². The van der Waals surface area contributed by atoms with Crippen LogP contribution in [0.2, 0.25) is 5.02 Å². The first-order valence-corrected chi connectivity index (χ1v) is 9.01. The lowest BCUT2D eigenvalue weighted by atomic mass is 9.84. The number of hydrogen-bond donors (Lipinski definition) is 2. The number of aryl methyl sites for hydroxylation is 1. The second kappa shape index (κ2) is 7.18. The predicted octanol–water partition coefficient (Wildman–Crippen LogP) is 4.53. The van der Waals surface area contributed by atoms with E-state index in [9.17, 15) is 5.26 Å². The lowest BCUT2D eigenvalue weighted by Gasteiger charge is -2.24. The first kappa shape index (κ1) is 17.2. The Kier molecular flexibility index (Phi) is 4.57. The van der Waals surface area contributed by atoms with Gasteiger partial charge in [0.1, 0.15) is 6.07 Å². The van der Waals surface area contributed by atoms with Crippen molar-refractivity contribution in [2.75, 3.05) is 0 Å². The van der Waals surface area contributed by atoms with Crippen molar-refractivity contribution in [3.63, 3.8) is 0 Å². The predicted molar refractivity (Wildman–Crippen MR) is 104 cm³/mol. The number of benzene rings is 2. The molecule has 0 saturated heterocycles. The SMILES string of the molecule is N#CC1=C(N)Oc2n[nH]c(-c3ccccc3Cl)c2[C@@H]1CCc1ccccc1. The van der Waals surface area contributed by atoms with Crippen LogP contribution in [0, 0.1) is 11.3 Å². The number of H-pyrrole nitrogens is 1. The first-order chi connectivity index (χ1) is 13.2. The number of nitrogens with zero attached hydrogens (tertiary/aromatic N) is 2. The average Bonchev–Trinajstić information content (AvgIpc) is 3.10. The quantitative estimate of drug-likeness (QED) is 0.700. The Morgan fingerprint density at radius 3 is 2.63 bits per heavy atom. The van der Waals surface area contributed by atoms with Gasteiger partial charge in [-0.15, -0.1) is 5.10 Å². The number of nitrogens with two attached hydrogens (primary N) is 1. The van der Waals surface area contributed by atoms with Crippen LogP contribution in [0.5, 0.6) is 5.88 Å². The number of hydrogen-bond acceptors (Lipinski definition) is 4. The molecule has 1 aromatic heterocycles. The third kappa shape index (κ3) is 3.16. The topological polar surface area (TPSA) is 87.7 Å². The zero-order valence-electron chi connectivity index (χ0n) is 14.4. The van der Waals surface area contributed by atoms with E-state index in [1.54, 1.807) is 0 Å². The van der Waals surface area contributed by atoms with E-state index in [2.05, 4.69) is 28.4 Å². The summed E-state index contributed by atoms with van der Waals surface area (Å²) in [5, 5.41) is 17.6. The van der Waals surface area contributed by atoms with Crippen LogP contribution in [0.15, 0.2) is 66.1 Å². The van der Waals surface area contributed by atoms with Gasteiger partial charge in [-0.3, -0.25) is 5.10 Å². The molecule has 2 heterocycles. The van der Waals surface area contributed by atoms with Gasteiger partial charge in [-0.1, -0.05) is 60.1 Å². The summed E-state index contributed by atoms with van der Waals surface area (Å²) in [5.41, 5.74) is 10.0. The zero-order valence-corrected chi connectivity index (χ0v) is 15.2. The van der Waals surface area contributed by atoms with Crippen molar-refractivity contribution in [2.45, 2.75) is 18.8 Å². The molecule has 2 aromatic carbocycles. The Morgan fingerprint density at radius 2 is 1.89 bits per heavy atom. The monoisotopic (exact) mass is 376 g/mol. The molecule has 134 valence electrons. The maximum Gasteiger partial charge on any atom is 0.244 e. The lowest BCUT2D eigenvalue weighted by Crippen LogP contribution is -2.20. The van der Waals surface area contributed by atoms with Gasteiger partial charge in [0.15, 0.2) is 0 Å². The number of rotatable bonds is 4. The normalized spacial score (nSPS) is 15.8. The standard InChI is InChI=1S/C21H17ClN4O/c22-17-9-5-4-8-15(17)19-18-14(11-10-13-6-2-1-3-7-13)16(12-23)20(24)27-21(18)26-25-19/h1-9,14H,10-11,24H2,(H,25,26)/t14-/m1/s1. The number of nitrogens with one attached hydrogen (secondary N) is 1.